The van der Waals surface area contributed by atoms with E-state index in [-0.39, 0.29) is 11.8 Å². The number of amides is 1. The fraction of sp³-hybridized carbons (Fsp3) is 0.333. The van der Waals surface area contributed by atoms with Crippen LogP contribution in [0.3, 0.4) is 0 Å². The van der Waals surface area contributed by atoms with Crippen LogP contribution in [-0.4, -0.2) is 22.2 Å². The number of hydrogen-bond donors (Lipinski definition) is 2. The van der Waals surface area contributed by atoms with Gasteiger partial charge in [0.1, 0.15) is 0 Å². The van der Waals surface area contributed by atoms with Gasteiger partial charge in [0, 0.05) is 25.5 Å². The van der Waals surface area contributed by atoms with E-state index in [1.54, 1.807) is 4.68 Å². The maximum absolute atomic E-state index is 12.1. The number of carbonyl (C=O) groups is 1. The molecule has 0 saturated heterocycles. The summed E-state index contributed by atoms with van der Waals surface area (Å²) in [5.74, 6) is -0.188. The standard InChI is InChI=1S/C15H20N4O/c1-11(13-4-3-5-14(16)8-13)15(20)17-7-6-12-9-18-19(2)10-12/h3-5,8-11H,6-7,16H2,1-2H3,(H,17,20). The van der Waals surface area contributed by atoms with Gasteiger partial charge in [-0.1, -0.05) is 12.1 Å². The smallest absolute Gasteiger partial charge is 0.227 e. The van der Waals surface area contributed by atoms with E-state index in [0.29, 0.717) is 12.2 Å². The lowest BCUT2D eigenvalue weighted by Crippen LogP contribution is -2.29. The molecule has 1 heterocycles. The van der Waals surface area contributed by atoms with Gasteiger partial charge in [-0.15, -0.1) is 0 Å². The van der Waals surface area contributed by atoms with Crippen LogP contribution in [-0.2, 0) is 18.3 Å². The first-order valence-corrected chi connectivity index (χ1v) is 6.67. The van der Waals surface area contributed by atoms with Crippen molar-refractivity contribution in [1.29, 1.82) is 0 Å². The number of benzene rings is 1. The Morgan fingerprint density at radius 3 is 2.95 bits per heavy atom. The fourth-order valence-electron chi connectivity index (χ4n) is 2.06. The molecule has 1 unspecified atom stereocenters. The van der Waals surface area contributed by atoms with E-state index in [1.807, 2.05) is 50.6 Å². The number of anilines is 1. The molecule has 1 aromatic heterocycles. The number of aromatic nitrogens is 2. The lowest BCUT2D eigenvalue weighted by atomic mass is 10.00. The predicted molar refractivity (Wildman–Crippen MR) is 79.2 cm³/mol. The number of nitrogen functional groups attached to an aromatic ring is 1. The molecule has 1 amide bonds. The highest BCUT2D eigenvalue weighted by Crippen LogP contribution is 2.17. The van der Waals surface area contributed by atoms with Gasteiger partial charge in [0.2, 0.25) is 5.91 Å². The first-order chi connectivity index (χ1) is 9.56. The topological polar surface area (TPSA) is 72.9 Å². The zero-order valence-electron chi connectivity index (χ0n) is 11.8. The number of rotatable bonds is 5. The van der Waals surface area contributed by atoms with Crippen LogP contribution in [0.4, 0.5) is 5.69 Å². The molecule has 5 heteroatoms. The summed E-state index contributed by atoms with van der Waals surface area (Å²) in [7, 11) is 1.88. The summed E-state index contributed by atoms with van der Waals surface area (Å²) in [6, 6.07) is 7.44. The molecule has 3 N–H and O–H groups in total. The van der Waals surface area contributed by atoms with Crippen LogP contribution in [0.2, 0.25) is 0 Å². The molecule has 0 aliphatic carbocycles. The Kier molecular flexibility index (Phi) is 4.40. The van der Waals surface area contributed by atoms with Crippen LogP contribution >= 0.6 is 0 Å². The van der Waals surface area contributed by atoms with E-state index < -0.39 is 0 Å². The molecule has 2 rings (SSSR count). The molecular weight excluding hydrogens is 252 g/mol. The van der Waals surface area contributed by atoms with Gasteiger partial charge in [0.15, 0.2) is 0 Å². The molecule has 20 heavy (non-hydrogen) atoms. The molecule has 0 fully saturated rings. The van der Waals surface area contributed by atoms with Crippen LogP contribution in [0.5, 0.6) is 0 Å². The maximum atomic E-state index is 12.1. The van der Waals surface area contributed by atoms with E-state index in [9.17, 15) is 4.79 Å². The second-order valence-electron chi connectivity index (χ2n) is 4.96. The lowest BCUT2D eigenvalue weighted by Gasteiger charge is -2.12. The highest BCUT2D eigenvalue weighted by atomic mass is 16.1. The first-order valence-electron chi connectivity index (χ1n) is 6.67. The van der Waals surface area contributed by atoms with Crippen molar-refractivity contribution in [2.75, 3.05) is 12.3 Å². The second-order valence-corrected chi connectivity index (χ2v) is 4.96. The second kappa shape index (κ2) is 6.23. The van der Waals surface area contributed by atoms with E-state index >= 15 is 0 Å². The van der Waals surface area contributed by atoms with Gasteiger partial charge in [-0.05, 0) is 36.6 Å². The minimum Gasteiger partial charge on any atom is -0.399 e. The molecule has 0 saturated carbocycles. The quantitative estimate of drug-likeness (QED) is 0.809. The van der Waals surface area contributed by atoms with Crippen molar-refractivity contribution in [3.63, 3.8) is 0 Å². The molecule has 1 atom stereocenters. The molecule has 0 radical (unpaired) electrons. The van der Waals surface area contributed by atoms with Crippen LogP contribution < -0.4 is 11.1 Å². The van der Waals surface area contributed by atoms with Crippen molar-refractivity contribution in [1.82, 2.24) is 15.1 Å². The number of nitrogens with two attached hydrogens (primary N) is 1. The number of nitrogens with one attached hydrogen (secondary N) is 1. The molecular formula is C15H20N4O. The molecule has 0 spiro atoms. The lowest BCUT2D eigenvalue weighted by molar-refractivity contribution is -0.122. The SMILES string of the molecule is CC(C(=O)NCCc1cnn(C)c1)c1cccc(N)c1. The third-order valence-corrected chi connectivity index (χ3v) is 3.28. The minimum atomic E-state index is -0.201. The van der Waals surface area contributed by atoms with Gasteiger partial charge in [0.05, 0.1) is 12.1 Å². The average Bonchev–Trinajstić information content (AvgIpc) is 2.83. The van der Waals surface area contributed by atoms with Crippen molar-refractivity contribution in [3.8, 4) is 0 Å². The van der Waals surface area contributed by atoms with Crippen LogP contribution in [0.1, 0.15) is 24.0 Å². The molecule has 1 aromatic carbocycles. The summed E-state index contributed by atoms with van der Waals surface area (Å²) in [6.07, 6.45) is 4.55. The summed E-state index contributed by atoms with van der Waals surface area (Å²) >= 11 is 0. The summed E-state index contributed by atoms with van der Waals surface area (Å²) in [5, 5.41) is 7.04. The largest absolute Gasteiger partial charge is 0.399 e. The Bertz CT molecular complexity index is 591. The Labute approximate surface area is 118 Å². The Morgan fingerprint density at radius 2 is 2.30 bits per heavy atom. The van der Waals surface area contributed by atoms with Gasteiger partial charge in [0.25, 0.3) is 0 Å². The normalized spacial score (nSPS) is 12.1. The van der Waals surface area contributed by atoms with Crippen LogP contribution in [0, 0.1) is 0 Å². The number of carbonyl (C=O) groups excluding carboxylic acids is 1. The summed E-state index contributed by atoms with van der Waals surface area (Å²) in [4.78, 5) is 12.1. The minimum absolute atomic E-state index is 0.0134. The Balaban J connectivity index is 1.85. The van der Waals surface area contributed by atoms with Crippen molar-refractivity contribution < 1.29 is 4.79 Å². The molecule has 0 aliphatic heterocycles. The predicted octanol–water partition coefficient (Wildman–Crippen LogP) is 1.46. The van der Waals surface area contributed by atoms with E-state index in [4.69, 9.17) is 5.73 Å². The average molecular weight is 272 g/mol. The highest BCUT2D eigenvalue weighted by molar-refractivity contribution is 5.83. The zero-order chi connectivity index (χ0) is 14.5. The highest BCUT2D eigenvalue weighted by Gasteiger charge is 2.14. The summed E-state index contributed by atoms with van der Waals surface area (Å²) < 4.78 is 1.76. The van der Waals surface area contributed by atoms with Gasteiger partial charge < -0.3 is 11.1 Å². The fourth-order valence-corrected chi connectivity index (χ4v) is 2.06. The van der Waals surface area contributed by atoms with Crippen molar-refractivity contribution >= 4 is 11.6 Å². The van der Waals surface area contributed by atoms with Crippen LogP contribution in [0.25, 0.3) is 0 Å². The maximum Gasteiger partial charge on any atom is 0.227 e. The number of nitrogens with zero attached hydrogens (tertiary/aromatic N) is 2. The van der Waals surface area contributed by atoms with Gasteiger partial charge in [-0.3, -0.25) is 9.48 Å². The molecule has 2 aromatic rings. The van der Waals surface area contributed by atoms with Gasteiger partial charge >= 0.3 is 0 Å². The zero-order valence-corrected chi connectivity index (χ0v) is 11.8. The van der Waals surface area contributed by atoms with Crippen LogP contribution in [0.15, 0.2) is 36.7 Å². The van der Waals surface area contributed by atoms with Crippen molar-refractivity contribution in [2.24, 2.45) is 7.05 Å². The Morgan fingerprint density at radius 1 is 1.50 bits per heavy atom. The van der Waals surface area contributed by atoms with Crippen molar-refractivity contribution in [2.45, 2.75) is 19.3 Å². The molecule has 0 aliphatic rings. The summed E-state index contributed by atoms with van der Waals surface area (Å²) in [6.45, 7) is 2.49. The third-order valence-electron chi connectivity index (χ3n) is 3.28. The molecule has 106 valence electrons. The van der Waals surface area contributed by atoms with Crippen molar-refractivity contribution in [3.05, 3.63) is 47.8 Å². The van der Waals surface area contributed by atoms with E-state index in [2.05, 4.69) is 10.4 Å². The molecule has 5 nitrogen and oxygen atoms in total. The van der Waals surface area contributed by atoms with Gasteiger partial charge in [-0.2, -0.15) is 5.10 Å². The first kappa shape index (κ1) is 14.1. The summed E-state index contributed by atoms with van der Waals surface area (Å²) in [5.41, 5.74) is 8.46. The number of aryl methyl sites for hydroxylation is 1. The number of hydrogen-bond acceptors (Lipinski definition) is 3. The van der Waals surface area contributed by atoms with E-state index in [0.717, 1.165) is 17.5 Å². The molecule has 0 bridgehead atoms. The van der Waals surface area contributed by atoms with E-state index in [1.165, 1.54) is 0 Å². The Hall–Kier alpha value is -2.30. The third kappa shape index (κ3) is 3.60. The monoisotopic (exact) mass is 272 g/mol. The van der Waals surface area contributed by atoms with Gasteiger partial charge in [-0.25, -0.2) is 0 Å².